The summed E-state index contributed by atoms with van der Waals surface area (Å²) in [5, 5.41) is 24.6. The van der Waals surface area contributed by atoms with Crippen molar-refractivity contribution in [2.45, 2.75) is 46.6 Å². The Balaban J connectivity index is 0.000000593. The number of carbonyl (C=O) groups is 2. The largest absolute Gasteiger partial charge is 0.481 e. The molecule has 1 saturated heterocycles. The maximum atomic E-state index is 11.4. The van der Waals surface area contributed by atoms with Crippen molar-refractivity contribution in [3.05, 3.63) is 12.2 Å². The van der Waals surface area contributed by atoms with E-state index >= 15 is 0 Å². The van der Waals surface area contributed by atoms with Crippen molar-refractivity contribution in [1.29, 1.82) is 0 Å². The number of aryl methyl sites for hydroxylation is 1. The van der Waals surface area contributed by atoms with Gasteiger partial charge in [0.25, 0.3) is 5.97 Å². The second kappa shape index (κ2) is 8.61. The van der Waals surface area contributed by atoms with Crippen molar-refractivity contribution in [1.82, 2.24) is 19.7 Å². The third kappa shape index (κ3) is 5.63. The number of carboxylic acid groups (broad SMARTS) is 2. The van der Waals surface area contributed by atoms with Crippen molar-refractivity contribution in [2.75, 3.05) is 19.6 Å². The molecule has 1 fully saturated rings. The van der Waals surface area contributed by atoms with Gasteiger partial charge in [-0.25, -0.2) is 0 Å². The lowest BCUT2D eigenvalue weighted by molar-refractivity contribution is -0.152. The van der Waals surface area contributed by atoms with E-state index in [4.69, 9.17) is 9.90 Å². The Kier molecular flexibility index (Phi) is 7.15. The third-order valence-electron chi connectivity index (χ3n) is 4.41. The smallest absolute Gasteiger partial charge is 0.309 e. The van der Waals surface area contributed by atoms with E-state index in [9.17, 15) is 9.90 Å². The van der Waals surface area contributed by atoms with Crippen molar-refractivity contribution >= 4 is 11.9 Å². The number of carboxylic acids is 2. The van der Waals surface area contributed by atoms with E-state index in [0.717, 1.165) is 58.2 Å². The summed E-state index contributed by atoms with van der Waals surface area (Å²) in [7, 11) is 0. The summed E-state index contributed by atoms with van der Waals surface area (Å²) < 4.78 is 2.03. The van der Waals surface area contributed by atoms with Gasteiger partial charge in [-0.05, 0) is 39.3 Å². The molecule has 0 saturated carbocycles. The van der Waals surface area contributed by atoms with Gasteiger partial charge in [-0.2, -0.15) is 0 Å². The molecule has 23 heavy (non-hydrogen) atoms. The monoisotopic (exact) mass is 326 g/mol. The Morgan fingerprint density at radius 1 is 1.26 bits per heavy atom. The second-order valence-electron chi connectivity index (χ2n) is 5.87. The average molecular weight is 326 g/mol. The standard InChI is InChI=1S/C13H22N4O2.C2H4O2/c1-3-13(12(18)19)4-6-16(7-5-13)8-9-17-10-14-15-11(17)2;1-2(3)4/h10H,3-9H2,1-2H3,(H,18,19);1H3,(H,3,4). The first kappa shape index (κ1) is 19.1. The first-order valence-electron chi connectivity index (χ1n) is 7.80. The van der Waals surface area contributed by atoms with Crippen molar-refractivity contribution in [3.63, 3.8) is 0 Å². The maximum Gasteiger partial charge on any atom is 0.309 e. The van der Waals surface area contributed by atoms with Crippen molar-refractivity contribution in [3.8, 4) is 0 Å². The Morgan fingerprint density at radius 2 is 1.83 bits per heavy atom. The number of hydrogen-bond acceptors (Lipinski definition) is 5. The molecular formula is C15H26N4O4. The van der Waals surface area contributed by atoms with Crippen LogP contribution < -0.4 is 0 Å². The molecule has 1 aliphatic heterocycles. The fourth-order valence-corrected chi connectivity index (χ4v) is 2.70. The van der Waals surface area contributed by atoms with Crippen molar-refractivity contribution in [2.24, 2.45) is 5.41 Å². The summed E-state index contributed by atoms with van der Waals surface area (Å²) in [6.45, 7) is 8.52. The zero-order valence-corrected chi connectivity index (χ0v) is 14.0. The van der Waals surface area contributed by atoms with E-state index in [1.807, 2.05) is 18.4 Å². The fraction of sp³-hybridized carbons (Fsp3) is 0.733. The summed E-state index contributed by atoms with van der Waals surface area (Å²) in [5.41, 5.74) is -0.497. The van der Waals surface area contributed by atoms with Crippen LogP contribution in [0, 0.1) is 12.3 Å². The Hall–Kier alpha value is -1.96. The van der Waals surface area contributed by atoms with E-state index in [-0.39, 0.29) is 0 Å². The first-order chi connectivity index (χ1) is 10.8. The van der Waals surface area contributed by atoms with E-state index in [0.29, 0.717) is 0 Å². The van der Waals surface area contributed by atoms with Crippen LogP contribution in [-0.2, 0) is 16.1 Å². The molecule has 0 aliphatic carbocycles. The first-order valence-corrected chi connectivity index (χ1v) is 7.80. The number of hydrogen-bond donors (Lipinski definition) is 2. The van der Waals surface area contributed by atoms with Crippen LogP contribution in [-0.4, -0.2) is 61.5 Å². The van der Waals surface area contributed by atoms with Gasteiger partial charge >= 0.3 is 5.97 Å². The van der Waals surface area contributed by atoms with Crippen LogP contribution >= 0.6 is 0 Å². The molecule has 0 aromatic carbocycles. The molecule has 130 valence electrons. The predicted molar refractivity (Wildman–Crippen MR) is 84.1 cm³/mol. The van der Waals surface area contributed by atoms with Crippen LogP contribution in [0.25, 0.3) is 0 Å². The number of piperidine rings is 1. The molecule has 0 amide bonds. The number of aromatic nitrogens is 3. The molecule has 1 aromatic heterocycles. The molecule has 1 aromatic rings. The van der Waals surface area contributed by atoms with Gasteiger partial charge in [-0.1, -0.05) is 6.92 Å². The molecule has 8 nitrogen and oxygen atoms in total. The lowest BCUT2D eigenvalue weighted by Gasteiger charge is -2.38. The normalized spacial score (nSPS) is 17.2. The second-order valence-corrected chi connectivity index (χ2v) is 5.87. The summed E-state index contributed by atoms with van der Waals surface area (Å²) in [4.78, 5) is 22.7. The highest BCUT2D eigenvalue weighted by atomic mass is 16.4. The summed E-state index contributed by atoms with van der Waals surface area (Å²) >= 11 is 0. The highest BCUT2D eigenvalue weighted by Crippen LogP contribution is 2.34. The van der Waals surface area contributed by atoms with E-state index in [1.54, 1.807) is 6.33 Å². The van der Waals surface area contributed by atoms with Crippen LogP contribution in [0.15, 0.2) is 6.33 Å². The van der Waals surface area contributed by atoms with Gasteiger partial charge < -0.3 is 19.7 Å². The van der Waals surface area contributed by atoms with Gasteiger partial charge in [0.2, 0.25) is 0 Å². The SMILES string of the molecule is CC(=O)O.CCC1(C(=O)O)CCN(CCn2cnnc2C)CC1. The van der Waals surface area contributed by atoms with Gasteiger partial charge in [-0.15, -0.1) is 10.2 Å². The Morgan fingerprint density at radius 3 is 2.22 bits per heavy atom. The molecule has 0 unspecified atom stereocenters. The minimum absolute atomic E-state index is 0.497. The predicted octanol–water partition coefficient (Wildman–Crippen LogP) is 1.25. The Labute approximate surface area is 136 Å². The highest BCUT2D eigenvalue weighted by Gasteiger charge is 2.39. The molecule has 1 aliphatic rings. The summed E-state index contributed by atoms with van der Waals surface area (Å²) in [5.74, 6) is -0.547. The number of aliphatic carboxylic acids is 2. The van der Waals surface area contributed by atoms with Crippen LogP contribution in [0.2, 0.25) is 0 Å². The molecule has 0 bridgehead atoms. The molecule has 8 heteroatoms. The maximum absolute atomic E-state index is 11.4. The van der Waals surface area contributed by atoms with E-state index in [1.165, 1.54) is 0 Å². The summed E-state index contributed by atoms with van der Waals surface area (Å²) in [6.07, 6.45) is 3.97. The molecule has 2 N–H and O–H groups in total. The number of nitrogens with zero attached hydrogens (tertiary/aromatic N) is 4. The Bertz CT molecular complexity index is 517. The van der Waals surface area contributed by atoms with Gasteiger partial charge in [0.1, 0.15) is 12.2 Å². The number of rotatable bonds is 5. The quantitative estimate of drug-likeness (QED) is 0.838. The molecule has 0 atom stereocenters. The van der Waals surface area contributed by atoms with Gasteiger partial charge in [0.15, 0.2) is 0 Å². The van der Waals surface area contributed by atoms with Gasteiger partial charge in [0.05, 0.1) is 5.41 Å². The zero-order chi connectivity index (χ0) is 17.5. The van der Waals surface area contributed by atoms with E-state index in [2.05, 4.69) is 15.1 Å². The van der Waals surface area contributed by atoms with Crippen molar-refractivity contribution < 1.29 is 19.8 Å². The minimum atomic E-state index is -0.833. The lowest BCUT2D eigenvalue weighted by atomic mass is 9.76. The van der Waals surface area contributed by atoms with Gasteiger partial charge in [0, 0.05) is 20.0 Å². The lowest BCUT2D eigenvalue weighted by Crippen LogP contribution is -2.44. The summed E-state index contributed by atoms with van der Waals surface area (Å²) in [6, 6.07) is 0. The molecule has 2 heterocycles. The molecule has 0 radical (unpaired) electrons. The highest BCUT2D eigenvalue weighted by molar-refractivity contribution is 5.74. The minimum Gasteiger partial charge on any atom is -0.481 e. The van der Waals surface area contributed by atoms with Crippen LogP contribution in [0.3, 0.4) is 0 Å². The number of likely N-dealkylation sites (tertiary alicyclic amines) is 1. The van der Waals surface area contributed by atoms with Crippen LogP contribution in [0.4, 0.5) is 0 Å². The fourth-order valence-electron chi connectivity index (χ4n) is 2.70. The van der Waals surface area contributed by atoms with Crippen LogP contribution in [0.5, 0.6) is 0 Å². The molecule has 0 spiro atoms. The zero-order valence-electron chi connectivity index (χ0n) is 14.0. The molecular weight excluding hydrogens is 300 g/mol. The van der Waals surface area contributed by atoms with Crippen LogP contribution in [0.1, 0.15) is 38.9 Å². The average Bonchev–Trinajstić information content (AvgIpc) is 2.90. The third-order valence-corrected chi connectivity index (χ3v) is 4.41. The topological polar surface area (TPSA) is 109 Å². The molecule has 2 rings (SSSR count). The van der Waals surface area contributed by atoms with E-state index < -0.39 is 17.4 Å². The van der Waals surface area contributed by atoms with Gasteiger partial charge in [-0.3, -0.25) is 9.59 Å².